The number of nitrogens with two attached hydrogens (primary N) is 1. The molecule has 0 aliphatic carbocycles. The highest BCUT2D eigenvalue weighted by molar-refractivity contribution is 6.30. The van der Waals surface area contributed by atoms with E-state index in [4.69, 9.17) is 32.0 Å². The Morgan fingerprint density at radius 3 is 2.53 bits per heavy atom. The first-order chi connectivity index (χ1) is 17.5. The molecule has 3 heterocycles. The summed E-state index contributed by atoms with van der Waals surface area (Å²) in [4.78, 5) is 11.7. The van der Waals surface area contributed by atoms with Crippen LogP contribution in [0.15, 0.2) is 66.7 Å². The van der Waals surface area contributed by atoms with Crippen LogP contribution in [0.4, 0.5) is 16.2 Å². The van der Waals surface area contributed by atoms with Gasteiger partial charge in [-0.15, -0.1) is 5.10 Å². The van der Waals surface area contributed by atoms with Crippen molar-refractivity contribution in [1.82, 2.24) is 19.7 Å². The number of benzene rings is 3. The van der Waals surface area contributed by atoms with Gasteiger partial charge in [0.05, 0.1) is 23.9 Å². The van der Waals surface area contributed by atoms with E-state index in [0.717, 1.165) is 13.0 Å². The van der Waals surface area contributed by atoms with E-state index in [2.05, 4.69) is 22.1 Å². The van der Waals surface area contributed by atoms with E-state index >= 15 is 4.39 Å². The third-order valence-corrected chi connectivity index (χ3v) is 6.73. The second kappa shape index (κ2) is 8.80. The monoisotopic (exact) mass is 500 g/mol. The number of nitrogens with zero attached hydrogens (tertiary/aromatic N) is 5. The number of ether oxygens (including phenoxy) is 1. The number of fused-ring (bicyclic) bond motifs is 2. The van der Waals surface area contributed by atoms with Gasteiger partial charge in [-0.3, -0.25) is 0 Å². The van der Waals surface area contributed by atoms with Gasteiger partial charge in [0.2, 0.25) is 5.95 Å². The van der Waals surface area contributed by atoms with Gasteiger partial charge in [0.1, 0.15) is 17.4 Å². The van der Waals surface area contributed by atoms with E-state index < -0.39 is 5.82 Å². The summed E-state index contributed by atoms with van der Waals surface area (Å²) < 4.78 is 22.1. The largest absolute Gasteiger partial charge is 0.497 e. The highest BCUT2D eigenvalue weighted by Gasteiger charge is 2.25. The fourth-order valence-corrected chi connectivity index (χ4v) is 4.72. The van der Waals surface area contributed by atoms with Crippen molar-refractivity contribution in [3.63, 3.8) is 0 Å². The van der Waals surface area contributed by atoms with E-state index in [9.17, 15) is 0 Å². The van der Waals surface area contributed by atoms with Crippen LogP contribution >= 0.6 is 11.6 Å². The van der Waals surface area contributed by atoms with E-state index in [1.807, 2.05) is 24.3 Å². The highest BCUT2D eigenvalue weighted by Crippen LogP contribution is 2.36. The summed E-state index contributed by atoms with van der Waals surface area (Å²) in [7, 11) is 1.50. The summed E-state index contributed by atoms with van der Waals surface area (Å²) in [6, 6.07) is 20.1. The van der Waals surface area contributed by atoms with Crippen LogP contribution in [-0.2, 0) is 13.0 Å². The molecule has 0 unspecified atom stereocenters. The Hall–Kier alpha value is -4.17. The molecule has 7 nitrogen and oxygen atoms in total. The van der Waals surface area contributed by atoms with Gasteiger partial charge in [-0.05, 0) is 53.9 Å². The molecule has 0 radical (unpaired) electrons. The first-order valence-electron chi connectivity index (χ1n) is 11.5. The van der Waals surface area contributed by atoms with E-state index in [0.29, 0.717) is 57.1 Å². The smallest absolute Gasteiger partial charge is 0.228 e. The molecule has 2 aromatic heterocycles. The maximum atomic E-state index is 15.3. The van der Waals surface area contributed by atoms with Crippen molar-refractivity contribution in [1.29, 1.82) is 0 Å². The van der Waals surface area contributed by atoms with Crippen molar-refractivity contribution in [2.24, 2.45) is 0 Å². The second-order valence-electron chi connectivity index (χ2n) is 8.63. The lowest BCUT2D eigenvalue weighted by Crippen LogP contribution is -2.31. The fraction of sp³-hybridized carbons (Fsp3) is 0.148. The maximum absolute atomic E-state index is 15.3. The van der Waals surface area contributed by atoms with Crippen LogP contribution in [0.1, 0.15) is 11.1 Å². The molecule has 0 atom stereocenters. The van der Waals surface area contributed by atoms with Crippen LogP contribution < -0.4 is 15.4 Å². The minimum atomic E-state index is -0.470. The minimum absolute atomic E-state index is 0.296. The molecule has 1 aliphatic rings. The zero-order valence-corrected chi connectivity index (χ0v) is 20.2. The Kier molecular flexibility index (Phi) is 5.45. The molecule has 0 fully saturated rings. The van der Waals surface area contributed by atoms with Crippen molar-refractivity contribution >= 4 is 34.4 Å². The molecular weight excluding hydrogens is 479 g/mol. The van der Waals surface area contributed by atoms with Crippen LogP contribution in [-0.4, -0.2) is 33.4 Å². The highest BCUT2D eigenvalue weighted by atomic mass is 35.5. The zero-order chi connectivity index (χ0) is 24.8. The first-order valence-corrected chi connectivity index (χ1v) is 11.9. The van der Waals surface area contributed by atoms with Gasteiger partial charge in [0, 0.05) is 29.7 Å². The van der Waals surface area contributed by atoms with Crippen LogP contribution in [0.25, 0.3) is 28.0 Å². The molecule has 36 heavy (non-hydrogen) atoms. The van der Waals surface area contributed by atoms with Crippen molar-refractivity contribution in [3.05, 3.63) is 88.7 Å². The molecule has 0 amide bonds. The third kappa shape index (κ3) is 3.79. The van der Waals surface area contributed by atoms with Crippen LogP contribution in [0.5, 0.6) is 5.75 Å². The molecule has 9 heteroatoms. The Bertz CT molecular complexity index is 1600. The zero-order valence-electron chi connectivity index (χ0n) is 19.4. The normalized spacial score (nSPS) is 13.1. The molecule has 2 N–H and O–H groups in total. The van der Waals surface area contributed by atoms with Crippen LogP contribution in [0.3, 0.4) is 0 Å². The van der Waals surface area contributed by atoms with Gasteiger partial charge >= 0.3 is 0 Å². The average Bonchev–Trinajstić information content (AvgIpc) is 3.24. The lowest BCUT2D eigenvalue weighted by Gasteiger charge is -2.29. The lowest BCUT2D eigenvalue weighted by atomic mass is 10.0. The molecule has 0 saturated heterocycles. The fourth-order valence-electron chi connectivity index (χ4n) is 4.60. The quantitative estimate of drug-likeness (QED) is 0.354. The van der Waals surface area contributed by atoms with Crippen molar-refractivity contribution in [3.8, 4) is 22.7 Å². The van der Waals surface area contributed by atoms with Gasteiger partial charge in [-0.2, -0.15) is 4.98 Å². The van der Waals surface area contributed by atoms with Crippen molar-refractivity contribution in [2.75, 3.05) is 24.3 Å². The van der Waals surface area contributed by atoms with E-state index in [1.165, 1.54) is 24.3 Å². The van der Waals surface area contributed by atoms with Gasteiger partial charge in [0.25, 0.3) is 0 Å². The Balaban J connectivity index is 1.55. The average molecular weight is 501 g/mol. The number of hydrogen-bond acceptors (Lipinski definition) is 6. The topological polar surface area (TPSA) is 82.1 Å². The molecule has 5 aromatic rings. The summed E-state index contributed by atoms with van der Waals surface area (Å²) in [6.07, 6.45) is 0.866. The molecular formula is C27H22ClFN6O. The molecule has 3 aromatic carbocycles. The third-order valence-electron chi connectivity index (χ3n) is 6.47. The summed E-state index contributed by atoms with van der Waals surface area (Å²) in [5.41, 5.74) is 10.9. The summed E-state index contributed by atoms with van der Waals surface area (Å²) in [6.45, 7) is 1.39. The molecule has 0 spiro atoms. The van der Waals surface area contributed by atoms with Crippen LogP contribution in [0.2, 0.25) is 5.02 Å². The number of anilines is 2. The molecule has 180 valence electrons. The van der Waals surface area contributed by atoms with Gasteiger partial charge < -0.3 is 15.4 Å². The van der Waals surface area contributed by atoms with Crippen LogP contribution in [0, 0.1) is 5.82 Å². The number of halogens is 2. The van der Waals surface area contributed by atoms with Gasteiger partial charge in [-0.1, -0.05) is 35.9 Å². The Morgan fingerprint density at radius 2 is 1.78 bits per heavy atom. The van der Waals surface area contributed by atoms with E-state index in [1.54, 1.807) is 28.9 Å². The predicted molar refractivity (Wildman–Crippen MR) is 139 cm³/mol. The number of methoxy groups -OCH3 is 1. The summed E-state index contributed by atoms with van der Waals surface area (Å²) in [5, 5.41) is 5.77. The van der Waals surface area contributed by atoms with E-state index in [-0.39, 0.29) is 0 Å². The summed E-state index contributed by atoms with van der Waals surface area (Å²) >= 11 is 6.07. The van der Waals surface area contributed by atoms with Gasteiger partial charge in [0.15, 0.2) is 5.65 Å². The van der Waals surface area contributed by atoms with Gasteiger partial charge in [-0.25, -0.2) is 14.1 Å². The molecule has 1 aliphatic heterocycles. The predicted octanol–water partition coefficient (Wildman–Crippen LogP) is 5.43. The number of rotatable bonds is 4. The second-order valence-corrected chi connectivity index (χ2v) is 9.07. The summed E-state index contributed by atoms with van der Waals surface area (Å²) in [5.74, 6) is 0.734. The van der Waals surface area contributed by atoms with Crippen molar-refractivity contribution in [2.45, 2.75) is 13.0 Å². The number of nitrogen functional groups attached to an aromatic ring is 1. The number of aromatic nitrogens is 4. The molecule has 0 bridgehead atoms. The molecule has 0 saturated carbocycles. The molecule has 6 rings (SSSR count). The standard InChI is InChI=1S/C27H22ClFN6O/c1-36-20-10-11-21(22(29)14-20)24-23-25(30)35(19-8-6-18(28)7-9-19)33-26(23)32-27(31-24)34-13-12-16-4-2-3-5-17(16)15-34/h2-11,14H,12-13,15,30H2,1H3. The minimum Gasteiger partial charge on any atom is -0.497 e. The maximum Gasteiger partial charge on any atom is 0.228 e. The number of hydrogen-bond donors (Lipinski definition) is 1. The van der Waals surface area contributed by atoms with Crippen molar-refractivity contribution < 1.29 is 9.13 Å². The first kappa shape index (κ1) is 22.3. The lowest BCUT2D eigenvalue weighted by molar-refractivity contribution is 0.411. The Labute approximate surface area is 211 Å². The SMILES string of the molecule is COc1ccc(-c2nc(N3CCc4ccccc4C3)nc3nn(-c4ccc(Cl)cc4)c(N)c23)c(F)c1. The Morgan fingerprint density at radius 1 is 1.00 bits per heavy atom.